The molecule has 2 aromatic carbocycles. The molecule has 0 radical (unpaired) electrons. The second-order valence-electron chi connectivity index (χ2n) is 6.67. The maximum absolute atomic E-state index is 13.1. The van der Waals surface area contributed by atoms with Gasteiger partial charge in [-0.2, -0.15) is 0 Å². The number of primary amides is 1. The Balaban J connectivity index is 1.97. The Labute approximate surface area is 183 Å². The van der Waals surface area contributed by atoms with E-state index in [1.807, 2.05) is 0 Å². The Bertz CT molecular complexity index is 1070. The number of para-hydroxylation sites is 1. The van der Waals surface area contributed by atoms with Gasteiger partial charge in [0.25, 0.3) is 11.8 Å². The number of ether oxygens (including phenoxy) is 2. The van der Waals surface area contributed by atoms with E-state index in [1.165, 1.54) is 7.11 Å². The van der Waals surface area contributed by atoms with E-state index >= 15 is 0 Å². The molecule has 1 heterocycles. The number of nitrogens with two attached hydrogens (primary N) is 1. The number of halogens is 1. The SMILES string of the molecule is COc1ccc([C@H]2NC(=O)NC(C)=C2C(=O)Nc2ccccc2Cl)cc1OCC(N)=O. The summed E-state index contributed by atoms with van der Waals surface area (Å²) in [5.41, 5.74) is 6.80. The molecule has 3 rings (SSSR count). The van der Waals surface area contributed by atoms with Crippen LogP contribution < -0.4 is 31.2 Å². The van der Waals surface area contributed by atoms with Crippen molar-refractivity contribution in [1.29, 1.82) is 0 Å². The molecule has 2 aromatic rings. The maximum atomic E-state index is 13.1. The molecule has 162 valence electrons. The fourth-order valence-corrected chi connectivity index (χ4v) is 3.31. The van der Waals surface area contributed by atoms with Crippen molar-refractivity contribution in [1.82, 2.24) is 10.6 Å². The molecule has 4 amide bonds. The molecule has 0 saturated carbocycles. The average molecular weight is 445 g/mol. The molecule has 1 aliphatic rings. The summed E-state index contributed by atoms with van der Waals surface area (Å²) in [5.74, 6) is -0.486. The minimum Gasteiger partial charge on any atom is -0.493 e. The van der Waals surface area contributed by atoms with Crippen molar-refractivity contribution < 1.29 is 23.9 Å². The van der Waals surface area contributed by atoms with E-state index in [2.05, 4.69) is 16.0 Å². The van der Waals surface area contributed by atoms with E-state index in [0.29, 0.717) is 27.7 Å². The van der Waals surface area contributed by atoms with Gasteiger partial charge < -0.3 is 31.2 Å². The van der Waals surface area contributed by atoms with Crippen molar-refractivity contribution in [3.8, 4) is 11.5 Å². The average Bonchev–Trinajstić information content (AvgIpc) is 2.73. The molecule has 9 nitrogen and oxygen atoms in total. The van der Waals surface area contributed by atoms with Gasteiger partial charge in [-0.25, -0.2) is 4.79 Å². The number of methoxy groups -OCH3 is 1. The van der Waals surface area contributed by atoms with Crippen LogP contribution in [0.5, 0.6) is 11.5 Å². The molecule has 5 N–H and O–H groups in total. The number of carbonyl (C=O) groups is 3. The lowest BCUT2D eigenvalue weighted by molar-refractivity contribution is -0.120. The van der Waals surface area contributed by atoms with E-state index in [0.717, 1.165) is 0 Å². The molecule has 0 bridgehead atoms. The minimum absolute atomic E-state index is 0.245. The fourth-order valence-electron chi connectivity index (χ4n) is 3.13. The van der Waals surface area contributed by atoms with Crippen molar-refractivity contribution in [2.24, 2.45) is 5.73 Å². The first-order chi connectivity index (χ1) is 14.8. The van der Waals surface area contributed by atoms with Gasteiger partial charge in [0.1, 0.15) is 0 Å². The van der Waals surface area contributed by atoms with Gasteiger partial charge in [0.05, 0.1) is 29.4 Å². The fraction of sp³-hybridized carbons (Fsp3) is 0.190. The third kappa shape index (κ3) is 5.07. The molecule has 0 unspecified atom stereocenters. The third-order valence-corrected chi connectivity index (χ3v) is 4.86. The lowest BCUT2D eigenvalue weighted by Crippen LogP contribution is -2.46. The van der Waals surface area contributed by atoms with Crippen LogP contribution >= 0.6 is 11.6 Å². The van der Waals surface area contributed by atoms with E-state index in [-0.39, 0.29) is 17.9 Å². The number of carbonyl (C=O) groups excluding carboxylic acids is 3. The molecule has 1 aliphatic heterocycles. The number of hydrogen-bond donors (Lipinski definition) is 4. The highest BCUT2D eigenvalue weighted by Crippen LogP contribution is 2.35. The van der Waals surface area contributed by atoms with Gasteiger partial charge in [0, 0.05) is 5.70 Å². The van der Waals surface area contributed by atoms with Gasteiger partial charge in [0.15, 0.2) is 18.1 Å². The van der Waals surface area contributed by atoms with E-state index < -0.39 is 23.9 Å². The van der Waals surface area contributed by atoms with E-state index in [4.69, 9.17) is 26.8 Å². The number of hydrogen-bond acceptors (Lipinski definition) is 5. The number of rotatable bonds is 7. The summed E-state index contributed by atoms with van der Waals surface area (Å²) in [5, 5.41) is 8.49. The number of anilines is 1. The molecule has 0 fully saturated rings. The summed E-state index contributed by atoms with van der Waals surface area (Å²) in [6.45, 7) is 1.27. The standard InChI is InChI=1S/C21H21ClN4O5/c1-11-18(20(28)25-14-6-4-3-5-13(14)22)19(26-21(29)24-11)12-7-8-15(30-2)16(9-12)31-10-17(23)27/h3-9,19H,10H2,1-2H3,(H2,23,27)(H,25,28)(H2,24,26,29)/t19-/m1/s1. The molecule has 0 aliphatic carbocycles. The van der Waals surface area contributed by atoms with Crippen molar-refractivity contribution in [2.75, 3.05) is 19.0 Å². The third-order valence-electron chi connectivity index (χ3n) is 4.53. The lowest BCUT2D eigenvalue weighted by Gasteiger charge is -2.29. The van der Waals surface area contributed by atoms with Crippen LogP contribution in [-0.2, 0) is 9.59 Å². The molecule has 1 atom stereocenters. The molecular formula is C21H21ClN4O5. The normalized spacial score (nSPS) is 15.6. The van der Waals surface area contributed by atoms with Gasteiger partial charge in [-0.15, -0.1) is 0 Å². The lowest BCUT2D eigenvalue weighted by atomic mass is 9.94. The van der Waals surface area contributed by atoms with Crippen LogP contribution in [0.25, 0.3) is 0 Å². The van der Waals surface area contributed by atoms with Crippen LogP contribution in [0.4, 0.5) is 10.5 Å². The Morgan fingerprint density at radius 1 is 1.19 bits per heavy atom. The van der Waals surface area contributed by atoms with Gasteiger partial charge in [-0.3, -0.25) is 9.59 Å². The van der Waals surface area contributed by atoms with Crippen LogP contribution in [0.15, 0.2) is 53.7 Å². The monoisotopic (exact) mass is 444 g/mol. The first kappa shape index (κ1) is 22.0. The van der Waals surface area contributed by atoms with Gasteiger partial charge in [-0.05, 0) is 36.8 Å². The number of urea groups is 1. The number of nitrogens with one attached hydrogen (secondary N) is 3. The van der Waals surface area contributed by atoms with Crippen molar-refractivity contribution >= 4 is 35.1 Å². The van der Waals surface area contributed by atoms with Gasteiger partial charge in [-0.1, -0.05) is 29.8 Å². The first-order valence-corrected chi connectivity index (χ1v) is 9.61. The molecule has 31 heavy (non-hydrogen) atoms. The summed E-state index contributed by atoms with van der Waals surface area (Å²) < 4.78 is 10.7. The Morgan fingerprint density at radius 3 is 2.61 bits per heavy atom. The quantitative estimate of drug-likeness (QED) is 0.521. The zero-order chi connectivity index (χ0) is 22.5. The van der Waals surface area contributed by atoms with Crippen molar-refractivity contribution in [3.63, 3.8) is 0 Å². The van der Waals surface area contributed by atoms with Crippen molar-refractivity contribution in [3.05, 3.63) is 64.3 Å². The van der Waals surface area contributed by atoms with Crippen LogP contribution in [0.1, 0.15) is 18.5 Å². The summed E-state index contributed by atoms with van der Waals surface area (Å²) >= 11 is 6.15. The van der Waals surface area contributed by atoms with Crippen LogP contribution in [0.2, 0.25) is 5.02 Å². The highest BCUT2D eigenvalue weighted by Gasteiger charge is 2.32. The summed E-state index contributed by atoms with van der Waals surface area (Å²) in [6, 6.07) is 10.4. The second-order valence-corrected chi connectivity index (χ2v) is 7.08. The predicted octanol–water partition coefficient (Wildman–Crippen LogP) is 2.48. The van der Waals surface area contributed by atoms with E-state index in [9.17, 15) is 14.4 Å². The largest absolute Gasteiger partial charge is 0.493 e. The summed E-state index contributed by atoms with van der Waals surface area (Å²) in [6.07, 6.45) is 0. The smallest absolute Gasteiger partial charge is 0.319 e. The molecule has 0 saturated heterocycles. The summed E-state index contributed by atoms with van der Waals surface area (Å²) in [7, 11) is 1.45. The molecule has 0 spiro atoms. The Kier molecular flexibility index (Phi) is 6.66. The number of allylic oxidation sites excluding steroid dienone is 1. The molecule has 10 heteroatoms. The first-order valence-electron chi connectivity index (χ1n) is 9.23. The molecular weight excluding hydrogens is 424 g/mol. The minimum atomic E-state index is -0.793. The second kappa shape index (κ2) is 9.40. The zero-order valence-corrected chi connectivity index (χ0v) is 17.6. The topological polar surface area (TPSA) is 132 Å². The van der Waals surface area contributed by atoms with Crippen LogP contribution in [0.3, 0.4) is 0 Å². The molecule has 0 aromatic heterocycles. The maximum Gasteiger partial charge on any atom is 0.319 e. The Morgan fingerprint density at radius 2 is 1.94 bits per heavy atom. The van der Waals surface area contributed by atoms with Gasteiger partial charge >= 0.3 is 6.03 Å². The Hall–Kier alpha value is -3.72. The summed E-state index contributed by atoms with van der Waals surface area (Å²) in [4.78, 5) is 36.3. The number of benzene rings is 2. The predicted molar refractivity (Wildman–Crippen MR) is 115 cm³/mol. The van der Waals surface area contributed by atoms with Gasteiger partial charge in [0.2, 0.25) is 0 Å². The zero-order valence-electron chi connectivity index (χ0n) is 16.8. The highest BCUT2D eigenvalue weighted by molar-refractivity contribution is 6.33. The van der Waals surface area contributed by atoms with E-state index in [1.54, 1.807) is 49.4 Å². The van der Waals surface area contributed by atoms with Crippen LogP contribution in [0, 0.1) is 0 Å². The van der Waals surface area contributed by atoms with Crippen LogP contribution in [-0.4, -0.2) is 31.6 Å². The highest BCUT2D eigenvalue weighted by atomic mass is 35.5. The number of amides is 4. The van der Waals surface area contributed by atoms with Crippen molar-refractivity contribution in [2.45, 2.75) is 13.0 Å².